The van der Waals surface area contributed by atoms with Gasteiger partial charge in [0.2, 0.25) is 0 Å². The molecule has 0 aliphatic heterocycles. The van der Waals surface area contributed by atoms with Gasteiger partial charge in [-0.2, -0.15) is 0 Å². The van der Waals surface area contributed by atoms with Crippen LogP contribution in [0.2, 0.25) is 5.02 Å². The lowest BCUT2D eigenvalue weighted by molar-refractivity contribution is 0.102. The molecule has 0 bridgehead atoms. The van der Waals surface area contributed by atoms with Crippen molar-refractivity contribution in [2.45, 2.75) is 6.92 Å². The Morgan fingerprint density at radius 1 is 1.26 bits per heavy atom. The Balaban J connectivity index is 2.20. The van der Waals surface area contributed by atoms with Gasteiger partial charge in [-0.05, 0) is 58.7 Å². The summed E-state index contributed by atoms with van der Waals surface area (Å²) < 4.78 is 13.7. The van der Waals surface area contributed by atoms with Gasteiger partial charge in [-0.25, -0.2) is 4.39 Å². The van der Waals surface area contributed by atoms with E-state index in [1.807, 2.05) is 6.92 Å². The average molecular weight is 343 g/mol. The summed E-state index contributed by atoms with van der Waals surface area (Å²) >= 11 is 9.01. The fourth-order valence-corrected chi connectivity index (χ4v) is 1.94. The van der Waals surface area contributed by atoms with Gasteiger partial charge < -0.3 is 5.32 Å². The number of amides is 1. The second-order valence-corrected chi connectivity index (χ2v) is 5.31. The maximum Gasteiger partial charge on any atom is 0.255 e. The summed E-state index contributed by atoms with van der Waals surface area (Å²) in [5.41, 5.74) is 1.72. The van der Waals surface area contributed by atoms with E-state index in [1.54, 1.807) is 24.3 Å². The van der Waals surface area contributed by atoms with Crippen LogP contribution in [0.25, 0.3) is 0 Å². The van der Waals surface area contributed by atoms with Crippen molar-refractivity contribution in [3.05, 3.63) is 62.8 Å². The number of halogens is 3. The van der Waals surface area contributed by atoms with Crippen LogP contribution in [0.3, 0.4) is 0 Å². The molecule has 0 aliphatic carbocycles. The lowest BCUT2D eigenvalue weighted by Crippen LogP contribution is -2.12. The minimum absolute atomic E-state index is 0.330. The molecule has 5 heteroatoms. The van der Waals surface area contributed by atoms with Crippen LogP contribution in [0.1, 0.15) is 15.9 Å². The van der Waals surface area contributed by atoms with Crippen LogP contribution >= 0.6 is 27.5 Å². The molecular weight excluding hydrogens is 333 g/mol. The molecule has 0 fully saturated rings. The molecule has 0 aliphatic rings. The Kier molecular flexibility index (Phi) is 4.22. The molecule has 1 amide bonds. The van der Waals surface area contributed by atoms with Crippen LogP contribution < -0.4 is 5.32 Å². The number of nitrogens with one attached hydrogen (secondary N) is 1. The first-order chi connectivity index (χ1) is 8.97. The summed E-state index contributed by atoms with van der Waals surface area (Å²) in [4.78, 5) is 12.0. The molecule has 0 atom stereocenters. The lowest BCUT2D eigenvalue weighted by Gasteiger charge is -2.07. The van der Waals surface area contributed by atoms with Crippen LogP contribution in [-0.4, -0.2) is 5.91 Å². The monoisotopic (exact) mass is 341 g/mol. The Morgan fingerprint density at radius 3 is 2.63 bits per heavy atom. The van der Waals surface area contributed by atoms with E-state index in [0.717, 1.165) is 5.56 Å². The van der Waals surface area contributed by atoms with Crippen molar-refractivity contribution in [3.8, 4) is 0 Å². The second-order valence-electron chi connectivity index (χ2n) is 4.05. The van der Waals surface area contributed by atoms with Crippen molar-refractivity contribution >= 4 is 39.1 Å². The van der Waals surface area contributed by atoms with E-state index in [9.17, 15) is 9.18 Å². The quantitative estimate of drug-likeness (QED) is 0.834. The average Bonchev–Trinajstić information content (AvgIpc) is 2.37. The van der Waals surface area contributed by atoms with Crippen molar-refractivity contribution in [2.24, 2.45) is 0 Å². The van der Waals surface area contributed by atoms with Crippen LogP contribution in [0.4, 0.5) is 10.1 Å². The predicted molar refractivity (Wildman–Crippen MR) is 78.2 cm³/mol. The molecule has 2 rings (SSSR count). The van der Waals surface area contributed by atoms with Crippen LogP contribution in [-0.2, 0) is 0 Å². The van der Waals surface area contributed by atoms with Gasteiger partial charge in [0.25, 0.3) is 5.91 Å². The predicted octanol–water partition coefficient (Wildman–Crippen LogP) is 4.80. The summed E-state index contributed by atoms with van der Waals surface area (Å²) in [6.45, 7) is 1.86. The Labute approximate surface area is 123 Å². The molecule has 0 unspecified atom stereocenters. The Morgan fingerprint density at radius 2 is 2.00 bits per heavy atom. The minimum Gasteiger partial charge on any atom is -0.322 e. The lowest BCUT2D eigenvalue weighted by atomic mass is 10.1. The molecule has 0 saturated carbocycles. The molecule has 2 nitrogen and oxygen atoms in total. The maximum absolute atomic E-state index is 13.3. The summed E-state index contributed by atoms with van der Waals surface area (Å²) in [6, 6.07) is 9.41. The third-order valence-corrected chi connectivity index (χ3v) is 3.66. The Bertz CT molecular complexity index is 645. The van der Waals surface area contributed by atoms with Gasteiger partial charge in [0, 0.05) is 16.3 Å². The first kappa shape index (κ1) is 14.0. The number of benzene rings is 2. The zero-order chi connectivity index (χ0) is 14.0. The zero-order valence-electron chi connectivity index (χ0n) is 10.0. The van der Waals surface area contributed by atoms with E-state index in [2.05, 4.69) is 21.2 Å². The maximum atomic E-state index is 13.3. The molecule has 0 aromatic heterocycles. The zero-order valence-corrected chi connectivity index (χ0v) is 12.3. The van der Waals surface area contributed by atoms with E-state index in [4.69, 9.17) is 11.6 Å². The van der Waals surface area contributed by atoms with Crippen molar-refractivity contribution in [1.82, 2.24) is 0 Å². The first-order valence-corrected chi connectivity index (χ1v) is 6.67. The van der Waals surface area contributed by atoms with Crippen LogP contribution in [0, 0.1) is 12.7 Å². The SMILES string of the molecule is Cc1ccc(C(=O)Nc2ccc(Br)c(F)c2)cc1Cl. The van der Waals surface area contributed by atoms with Gasteiger partial charge in [-0.1, -0.05) is 17.7 Å². The minimum atomic E-state index is -0.431. The number of hydrogen-bond acceptors (Lipinski definition) is 1. The highest BCUT2D eigenvalue weighted by atomic mass is 79.9. The first-order valence-electron chi connectivity index (χ1n) is 5.50. The standard InChI is InChI=1S/C14H10BrClFNO/c1-8-2-3-9(6-12(8)16)14(19)18-10-4-5-11(15)13(17)7-10/h2-7H,1H3,(H,18,19). The summed E-state index contributed by atoms with van der Waals surface area (Å²) in [7, 11) is 0. The Hall–Kier alpha value is -1.39. The molecule has 2 aromatic rings. The van der Waals surface area contributed by atoms with Crippen molar-refractivity contribution in [1.29, 1.82) is 0 Å². The van der Waals surface area contributed by atoms with Gasteiger partial charge in [0.1, 0.15) is 5.82 Å². The highest BCUT2D eigenvalue weighted by Gasteiger charge is 2.09. The normalized spacial score (nSPS) is 10.3. The van der Waals surface area contributed by atoms with E-state index < -0.39 is 5.82 Å². The van der Waals surface area contributed by atoms with E-state index >= 15 is 0 Å². The highest BCUT2D eigenvalue weighted by molar-refractivity contribution is 9.10. The third kappa shape index (κ3) is 3.33. The van der Waals surface area contributed by atoms with E-state index in [-0.39, 0.29) is 5.91 Å². The molecule has 0 saturated heterocycles. The molecule has 98 valence electrons. The smallest absolute Gasteiger partial charge is 0.255 e. The molecule has 19 heavy (non-hydrogen) atoms. The van der Waals surface area contributed by atoms with Gasteiger partial charge in [-0.3, -0.25) is 4.79 Å². The van der Waals surface area contributed by atoms with Gasteiger partial charge in [0.15, 0.2) is 0 Å². The highest BCUT2D eigenvalue weighted by Crippen LogP contribution is 2.21. The topological polar surface area (TPSA) is 29.1 Å². The van der Waals surface area contributed by atoms with Gasteiger partial charge >= 0.3 is 0 Å². The molecule has 0 spiro atoms. The number of hydrogen-bond donors (Lipinski definition) is 1. The molecular formula is C14H10BrClFNO. The fraction of sp³-hybridized carbons (Fsp3) is 0.0714. The number of anilines is 1. The number of carbonyl (C=O) groups is 1. The molecule has 1 N–H and O–H groups in total. The van der Waals surface area contributed by atoms with Gasteiger partial charge in [0.05, 0.1) is 4.47 Å². The largest absolute Gasteiger partial charge is 0.322 e. The van der Waals surface area contributed by atoms with Crippen molar-refractivity contribution < 1.29 is 9.18 Å². The molecule has 0 heterocycles. The summed E-state index contributed by atoms with van der Waals surface area (Å²) in [5, 5.41) is 3.14. The third-order valence-electron chi connectivity index (χ3n) is 2.61. The summed E-state index contributed by atoms with van der Waals surface area (Å²) in [6.07, 6.45) is 0. The number of rotatable bonds is 2. The van der Waals surface area contributed by atoms with E-state index in [0.29, 0.717) is 20.7 Å². The fourth-order valence-electron chi connectivity index (χ4n) is 1.51. The molecule has 2 aromatic carbocycles. The van der Waals surface area contributed by atoms with Crippen LogP contribution in [0.5, 0.6) is 0 Å². The molecule has 0 radical (unpaired) electrons. The second kappa shape index (κ2) is 5.72. The van der Waals surface area contributed by atoms with Crippen molar-refractivity contribution in [3.63, 3.8) is 0 Å². The number of carbonyl (C=O) groups excluding carboxylic acids is 1. The van der Waals surface area contributed by atoms with Crippen molar-refractivity contribution in [2.75, 3.05) is 5.32 Å². The summed E-state index contributed by atoms with van der Waals surface area (Å²) in [5.74, 6) is -0.761. The van der Waals surface area contributed by atoms with Gasteiger partial charge in [-0.15, -0.1) is 0 Å². The van der Waals surface area contributed by atoms with Crippen LogP contribution in [0.15, 0.2) is 40.9 Å². The van der Waals surface area contributed by atoms with E-state index in [1.165, 1.54) is 12.1 Å². The number of aryl methyl sites for hydroxylation is 1.